The highest BCUT2D eigenvalue weighted by Crippen LogP contribution is 2.33. The lowest BCUT2D eigenvalue weighted by Crippen LogP contribution is -2.43. The van der Waals surface area contributed by atoms with Gasteiger partial charge >= 0.3 is 0 Å². The van der Waals surface area contributed by atoms with Crippen LogP contribution in [0.1, 0.15) is 46.4 Å². The molecule has 6 rings (SSSR count). The Kier molecular flexibility index (Phi) is 8.50. The summed E-state index contributed by atoms with van der Waals surface area (Å²) in [6.07, 6.45) is 4.06. The van der Waals surface area contributed by atoms with Gasteiger partial charge in [0.2, 0.25) is 5.91 Å². The predicted octanol–water partition coefficient (Wildman–Crippen LogP) is 6.48. The Morgan fingerprint density at radius 2 is 1.30 bits per heavy atom. The fraction of sp³-hybridized carbons (Fsp3) is 0.250. The van der Waals surface area contributed by atoms with Crippen LogP contribution in [0.4, 0.5) is 17.1 Å². The van der Waals surface area contributed by atoms with Crippen molar-refractivity contribution in [1.29, 1.82) is 0 Å². The van der Waals surface area contributed by atoms with Gasteiger partial charge in [-0.15, -0.1) is 0 Å². The van der Waals surface area contributed by atoms with E-state index in [0.29, 0.717) is 36.4 Å². The van der Waals surface area contributed by atoms with Gasteiger partial charge in [-0.05, 0) is 79.3 Å². The van der Waals surface area contributed by atoms with Gasteiger partial charge in [0.1, 0.15) is 0 Å². The van der Waals surface area contributed by atoms with Crippen LogP contribution in [0.15, 0.2) is 103 Å². The average Bonchev–Trinajstić information content (AvgIpc) is 3.25. The van der Waals surface area contributed by atoms with Gasteiger partial charge in [0.05, 0.1) is 17.9 Å². The Hall–Kier alpha value is -4.91. The van der Waals surface area contributed by atoms with Crippen LogP contribution in [0.25, 0.3) is 11.1 Å². The number of amides is 3. The Labute approximate surface area is 252 Å². The van der Waals surface area contributed by atoms with Gasteiger partial charge in [-0.2, -0.15) is 0 Å². The van der Waals surface area contributed by atoms with Crippen molar-refractivity contribution in [2.24, 2.45) is 0 Å². The average molecular weight is 573 g/mol. The van der Waals surface area contributed by atoms with Gasteiger partial charge in [-0.25, -0.2) is 0 Å². The van der Waals surface area contributed by atoms with E-state index in [0.717, 1.165) is 54.9 Å². The second-order valence-electron chi connectivity index (χ2n) is 11.1. The van der Waals surface area contributed by atoms with Crippen LogP contribution in [-0.4, -0.2) is 55.3 Å². The molecule has 0 saturated carbocycles. The fourth-order valence-corrected chi connectivity index (χ4v) is 6.00. The van der Waals surface area contributed by atoms with Crippen molar-refractivity contribution in [3.8, 4) is 11.1 Å². The zero-order chi connectivity index (χ0) is 29.6. The lowest BCUT2D eigenvalue weighted by molar-refractivity contribution is -0.130. The highest BCUT2D eigenvalue weighted by atomic mass is 16.2. The number of benzene rings is 4. The molecule has 0 aliphatic carbocycles. The second-order valence-corrected chi connectivity index (χ2v) is 11.1. The number of piperidine rings is 1. The molecule has 1 saturated heterocycles. The Morgan fingerprint density at radius 3 is 2.07 bits per heavy atom. The maximum absolute atomic E-state index is 13.8. The minimum atomic E-state index is -0.209. The van der Waals surface area contributed by atoms with E-state index in [9.17, 15) is 14.4 Å². The van der Waals surface area contributed by atoms with Crippen LogP contribution >= 0.6 is 0 Å². The van der Waals surface area contributed by atoms with Gasteiger partial charge in [-0.1, -0.05) is 60.7 Å². The summed E-state index contributed by atoms with van der Waals surface area (Å²) >= 11 is 0. The zero-order valence-electron chi connectivity index (χ0n) is 24.2. The van der Waals surface area contributed by atoms with Gasteiger partial charge in [-0.3, -0.25) is 14.4 Å². The molecular weight excluding hydrogens is 536 g/mol. The standard InChI is InChI=1S/C36H36N4O3/c41-34(38-22-9-2-10-23-38)26-39-24-11-25-40(33-17-8-7-16-32(33)39)36(43)28-18-20-29(21-19-28)37-35(42)31-15-6-5-14-30(31)27-12-3-1-4-13-27/h1,3-8,12-21H,2,9-11,22-26H2,(H,37,42). The monoisotopic (exact) mass is 572 g/mol. The molecule has 0 unspecified atom stereocenters. The summed E-state index contributed by atoms with van der Waals surface area (Å²) in [4.78, 5) is 46.0. The molecule has 7 heteroatoms. The van der Waals surface area contributed by atoms with E-state index in [4.69, 9.17) is 0 Å². The largest absolute Gasteiger partial charge is 0.360 e. The first-order chi connectivity index (χ1) is 21.1. The molecule has 1 fully saturated rings. The number of carbonyl (C=O) groups is 3. The molecule has 0 spiro atoms. The number of anilines is 3. The number of para-hydroxylation sites is 2. The van der Waals surface area contributed by atoms with E-state index >= 15 is 0 Å². The SMILES string of the molecule is O=C(Nc1ccc(C(=O)N2CCCN(CC(=O)N3CCCCC3)c3ccccc32)cc1)c1ccccc1-c1ccccc1. The number of carbonyl (C=O) groups excluding carboxylic acids is 3. The van der Waals surface area contributed by atoms with Crippen molar-refractivity contribution in [3.63, 3.8) is 0 Å². The molecule has 43 heavy (non-hydrogen) atoms. The molecule has 7 nitrogen and oxygen atoms in total. The van der Waals surface area contributed by atoms with Crippen LogP contribution in [-0.2, 0) is 4.79 Å². The number of rotatable bonds is 6. The van der Waals surface area contributed by atoms with E-state index in [1.165, 1.54) is 6.42 Å². The third-order valence-electron chi connectivity index (χ3n) is 8.25. The molecule has 4 aromatic carbocycles. The molecule has 1 N–H and O–H groups in total. The van der Waals surface area contributed by atoms with E-state index in [2.05, 4.69) is 10.2 Å². The molecule has 4 aromatic rings. The quantitative estimate of drug-likeness (QED) is 0.287. The third kappa shape index (κ3) is 6.31. The molecule has 3 amide bonds. The number of hydrogen-bond acceptors (Lipinski definition) is 4. The van der Waals surface area contributed by atoms with Gasteiger partial charge in [0, 0.05) is 43.0 Å². The fourth-order valence-electron chi connectivity index (χ4n) is 6.00. The molecule has 0 bridgehead atoms. The Morgan fingerprint density at radius 1 is 0.628 bits per heavy atom. The third-order valence-corrected chi connectivity index (χ3v) is 8.25. The van der Waals surface area contributed by atoms with Crippen molar-refractivity contribution >= 4 is 34.8 Å². The molecule has 2 heterocycles. The molecular formula is C36H36N4O3. The summed E-state index contributed by atoms with van der Waals surface area (Å²) in [6, 6.07) is 32.2. The summed E-state index contributed by atoms with van der Waals surface area (Å²) in [5, 5.41) is 2.98. The second kappa shape index (κ2) is 12.9. The van der Waals surface area contributed by atoms with Gasteiger partial charge < -0.3 is 20.0 Å². The minimum absolute atomic E-state index is 0.107. The maximum Gasteiger partial charge on any atom is 0.258 e. The van der Waals surface area contributed by atoms with Crippen molar-refractivity contribution in [3.05, 3.63) is 114 Å². The summed E-state index contributed by atoms with van der Waals surface area (Å²) in [5.74, 6) is -0.165. The highest BCUT2D eigenvalue weighted by molar-refractivity contribution is 6.10. The minimum Gasteiger partial charge on any atom is -0.360 e. The van der Waals surface area contributed by atoms with E-state index in [1.807, 2.05) is 88.7 Å². The number of hydrogen-bond donors (Lipinski definition) is 1. The number of nitrogens with one attached hydrogen (secondary N) is 1. The first-order valence-electron chi connectivity index (χ1n) is 15.1. The first kappa shape index (κ1) is 28.2. The normalized spacial score (nSPS) is 14.9. The molecule has 2 aliphatic heterocycles. The van der Waals surface area contributed by atoms with E-state index in [-0.39, 0.29) is 17.7 Å². The van der Waals surface area contributed by atoms with Crippen LogP contribution < -0.4 is 15.1 Å². The molecule has 0 atom stereocenters. The van der Waals surface area contributed by atoms with Crippen LogP contribution in [0.3, 0.4) is 0 Å². The van der Waals surface area contributed by atoms with Crippen LogP contribution in [0, 0.1) is 0 Å². The Bertz CT molecular complexity index is 1600. The lowest BCUT2D eigenvalue weighted by Gasteiger charge is -2.31. The van der Waals surface area contributed by atoms with Crippen LogP contribution in [0.5, 0.6) is 0 Å². The predicted molar refractivity (Wildman–Crippen MR) is 172 cm³/mol. The van der Waals surface area contributed by atoms with E-state index < -0.39 is 0 Å². The maximum atomic E-state index is 13.8. The Balaban J connectivity index is 1.17. The zero-order valence-corrected chi connectivity index (χ0v) is 24.2. The number of likely N-dealkylation sites (tertiary alicyclic amines) is 1. The van der Waals surface area contributed by atoms with Gasteiger partial charge in [0.25, 0.3) is 11.8 Å². The van der Waals surface area contributed by atoms with Crippen molar-refractivity contribution in [2.45, 2.75) is 25.7 Å². The topological polar surface area (TPSA) is 73.0 Å². The first-order valence-corrected chi connectivity index (χ1v) is 15.1. The summed E-state index contributed by atoms with van der Waals surface area (Å²) in [5.41, 5.74) is 5.28. The molecule has 0 radical (unpaired) electrons. The van der Waals surface area contributed by atoms with Crippen LogP contribution in [0.2, 0.25) is 0 Å². The summed E-state index contributed by atoms with van der Waals surface area (Å²) in [7, 11) is 0. The highest BCUT2D eigenvalue weighted by Gasteiger charge is 2.28. The van der Waals surface area contributed by atoms with Crippen molar-refractivity contribution < 1.29 is 14.4 Å². The lowest BCUT2D eigenvalue weighted by atomic mass is 9.99. The van der Waals surface area contributed by atoms with Gasteiger partial charge in [0.15, 0.2) is 0 Å². The summed E-state index contributed by atoms with van der Waals surface area (Å²) < 4.78 is 0. The van der Waals surface area contributed by atoms with Crippen molar-refractivity contribution in [2.75, 3.05) is 47.8 Å². The molecule has 0 aromatic heterocycles. The summed E-state index contributed by atoms with van der Waals surface area (Å²) in [6.45, 7) is 3.24. The number of nitrogens with zero attached hydrogens (tertiary/aromatic N) is 3. The van der Waals surface area contributed by atoms with E-state index in [1.54, 1.807) is 24.3 Å². The smallest absolute Gasteiger partial charge is 0.258 e. The van der Waals surface area contributed by atoms with Crippen molar-refractivity contribution in [1.82, 2.24) is 4.90 Å². The number of fused-ring (bicyclic) bond motifs is 1. The molecule has 2 aliphatic rings. The molecule has 218 valence electrons.